The minimum absolute atomic E-state index is 0.366. The molecule has 0 aliphatic heterocycles. The van der Waals surface area contributed by atoms with Crippen LogP contribution in [0.1, 0.15) is 15.9 Å². The smallest absolute Gasteiger partial charge is 0.341 e. The minimum atomic E-state index is -1.07. The predicted octanol–water partition coefficient (Wildman–Crippen LogP) is 4.92. The highest BCUT2D eigenvalue weighted by Crippen LogP contribution is 2.25. The standard InChI is InChI=1S/C25H19F2N3O3/c1-16-7-9-17(10-8-16)22-14-23(30(29-22)19-5-3-2-4-6-19)28-24(31)15-33-25(32)20-12-11-18(26)13-21(20)27/h2-14H,15H2,1H3,(H,28,31). The molecule has 0 saturated heterocycles. The summed E-state index contributed by atoms with van der Waals surface area (Å²) in [5.74, 6) is -3.23. The van der Waals surface area contributed by atoms with Gasteiger partial charge in [-0.1, -0.05) is 48.0 Å². The fourth-order valence-electron chi connectivity index (χ4n) is 3.14. The first-order valence-corrected chi connectivity index (χ1v) is 10.1. The summed E-state index contributed by atoms with van der Waals surface area (Å²) < 4.78 is 33.2. The average molecular weight is 447 g/mol. The molecule has 0 spiro atoms. The molecule has 0 unspecified atom stereocenters. The molecule has 3 aromatic carbocycles. The summed E-state index contributed by atoms with van der Waals surface area (Å²) in [4.78, 5) is 24.5. The predicted molar refractivity (Wildman–Crippen MR) is 119 cm³/mol. The minimum Gasteiger partial charge on any atom is -0.452 e. The van der Waals surface area contributed by atoms with Crippen molar-refractivity contribution in [3.05, 3.63) is 102 Å². The number of benzene rings is 3. The first-order chi connectivity index (χ1) is 15.9. The summed E-state index contributed by atoms with van der Waals surface area (Å²) in [6, 6.07) is 21.2. The number of esters is 1. The number of amides is 1. The lowest BCUT2D eigenvalue weighted by atomic mass is 10.1. The van der Waals surface area contributed by atoms with Gasteiger partial charge in [0.1, 0.15) is 17.5 Å². The summed E-state index contributed by atoms with van der Waals surface area (Å²) >= 11 is 0. The van der Waals surface area contributed by atoms with Crippen LogP contribution in [0.5, 0.6) is 0 Å². The maximum absolute atomic E-state index is 13.7. The van der Waals surface area contributed by atoms with Crippen LogP contribution in [-0.4, -0.2) is 28.3 Å². The number of aromatic nitrogens is 2. The Morgan fingerprint density at radius 3 is 2.39 bits per heavy atom. The summed E-state index contributed by atoms with van der Waals surface area (Å²) in [6.45, 7) is 1.33. The van der Waals surface area contributed by atoms with Crippen molar-refractivity contribution in [2.24, 2.45) is 0 Å². The number of ether oxygens (including phenoxy) is 1. The van der Waals surface area contributed by atoms with E-state index in [1.807, 2.05) is 61.5 Å². The van der Waals surface area contributed by atoms with Gasteiger partial charge in [0.25, 0.3) is 5.91 Å². The van der Waals surface area contributed by atoms with Gasteiger partial charge in [-0.25, -0.2) is 18.3 Å². The Morgan fingerprint density at radius 2 is 1.70 bits per heavy atom. The van der Waals surface area contributed by atoms with Gasteiger partial charge < -0.3 is 10.1 Å². The molecule has 166 valence electrons. The number of rotatable bonds is 6. The molecule has 0 atom stereocenters. The Hall–Kier alpha value is -4.33. The van der Waals surface area contributed by atoms with Crippen molar-refractivity contribution >= 4 is 17.7 Å². The Balaban J connectivity index is 1.53. The summed E-state index contributed by atoms with van der Waals surface area (Å²) in [5.41, 5.74) is 2.87. The van der Waals surface area contributed by atoms with Crippen LogP contribution in [0, 0.1) is 18.6 Å². The van der Waals surface area contributed by atoms with E-state index in [9.17, 15) is 18.4 Å². The van der Waals surface area contributed by atoms with Crippen molar-refractivity contribution in [2.75, 3.05) is 11.9 Å². The van der Waals surface area contributed by atoms with Gasteiger partial charge in [-0.2, -0.15) is 5.10 Å². The molecule has 33 heavy (non-hydrogen) atoms. The van der Waals surface area contributed by atoms with E-state index in [0.29, 0.717) is 17.6 Å². The number of carbonyl (C=O) groups is 2. The van der Waals surface area contributed by atoms with Crippen LogP contribution in [0.2, 0.25) is 0 Å². The molecular formula is C25H19F2N3O3. The second kappa shape index (κ2) is 9.44. The monoisotopic (exact) mass is 447 g/mol. The summed E-state index contributed by atoms with van der Waals surface area (Å²) in [5, 5.41) is 7.28. The van der Waals surface area contributed by atoms with Crippen molar-refractivity contribution in [2.45, 2.75) is 6.92 Å². The molecule has 6 nitrogen and oxygen atoms in total. The van der Waals surface area contributed by atoms with E-state index in [-0.39, 0.29) is 0 Å². The fraction of sp³-hybridized carbons (Fsp3) is 0.0800. The average Bonchev–Trinajstić information content (AvgIpc) is 3.22. The topological polar surface area (TPSA) is 73.2 Å². The molecule has 0 bridgehead atoms. The third-order valence-corrected chi connectivity index (χ3v) is 4.81. The maximum Gasteiger partial charge on any atom is 0.341 e. The highest BCUT2D eigenvalue weighted by molar-refractivity contribution is 5.95. The van der Waals surface area contributed by atoms with E-state index in [1.165, 1.54) is 0 Å². The number of nitrogens with one attached hydrogen (secondary N) is 1. The molecule has 1 amide bonds. The lowest BCUT2D eigenvalue weighted by molar-refractivity contribution is -0.119. The summed E-state index contributed by atoms with van der Waals surface area (Å²) in [7, 11) is 0. The SMILES string of the molecule is Cc1ccc(-c2cc(NC(=O)COC(=O)c3ccc(F)cc3F)n(-c3ccccc3)n2)cc1. The molecule has 1 aromatic heterocycles. The van der Waals surface area contributed by atoms with Gasteiger partial charge in [0.2, 0.25) is 0 Å². The molecule has 1 N–H and O–H groups in total. The van der Waals surface area contributed by atoms with E-state index in [0.717, 1.165) is 28.9 Å². The van der Waals surface area contributed by atoms with Crippen molar-refractivity contribution in [3.63, 3.8) is 0 Å². The van der Waals surface area contributed by atoms with E-state index >= 15 is 0 Å². The van der Waals surface area contributed by atoms with E-state index < -0.39 is 35.7 Å². The van der Waals surface area contributed by atoms with E-state index in [2.05, 4.69) is 10.4 Å². The number of hydrogen-bond donors (Lipinski definition) is 1. The Kier molecular flexibility index (Phi) is 6.26. The lowest BCUT2D eigenvalue weighted by Crippen LogP contribution is -2.22. The molecule has 0 saturated carbocycles. The number of halogens is 2. The molecule has 0 fully saturated rings. The molecule has 4 rings (SSSR count). The molecular weight excluding hydrogens is 428 g/mol. The van der Waals surface area contributed by atoms with Crippen molar-refractivity contribution in [1.29, 1.82) is 0 Å². The van der Waals surface area contributed by atoms with E-state index in [1.54, 1.807) is 10.7 Å². The van der Waals surface area contributed by atoms with Gasteiger partial charge in [0, 0.05) is 17.7 Å². The van der Waals surface area contributed by atoms with Crippen molar-refractivity contribution in [1.82, 2.24) is 9.78 Å². The highest BCUT2D eigenvalue weighted by Gasteiger charge is 2.18. The zero-order valence-corrected chi connectivity index (χ0v) is 17.6. The van der Waals surface area contributed by atoms with Crippen LogP contribution in [0.3, 0.4) is 0 Å². The maximum atomic E-state index is 13.7. The normalized spacial score (nSPS) is 10.6. The second-order valence-corrected chi connectivity index (χ2v) is 7.28. The van der Waals surface area contributed by atoms with Gasteiger partial charge in [0.05, 0.1) is 16.9 Å². The Bertz CT molecular complexity index is 1300. The fourth-order valence-corrected chi connectivity index (χ4v) is 3.14. The van der Waals surface area contributed by atoms with Crippen LogP contribution in [-0.2, 0) is 9.53 Å². The molecule has 1 heterocycles. The number of para-hydroxylation sites is 1. The molecule has 0 aliphatic rings. The first-order valence-electron chi connectivity index (χ1n) is 10.1. The van der Waals surface area contributed by atoms with Gasteiger partial charge >= 0.3 is 5.97 Å². The lowest BCUT2D eigenvalue weighted by Gasteiger charge is -2.09. The van der Waals surface area contributed by atoms with E-state index in [4.69, 9.17) is 4.74 Å². The highest BCUT2D eigenvalue weighted by atomic mass is 19.1. The van der Waals surface area contributed by atoms with Crippen molar-refractivity contribution < 1.29 is 23.1 Å². The molecule has 4 aromatic rings. The third-order valence-electron chi connectivity index (χ3n) is 4.81. The van der Waals surface area contributed by atoms with Crippen LogP contribution in [0.4, 0.5) is 14.6 Å². The number of aryl methyl sites for hydroxylation is 1. The molecule has 0 aliphatic carbocycles. The largest absolute Gasteiger partial charge is 0.452 e. The Labute approximate surface area is 188 Å². The van der Waals surface area contributed by atoms with Gasteiger partial charge in [-0.15, -0.1) is 0 Å². The molecule has 8 heteroatoms. The van der Waals surface area contributed by atoms with Crippen LogP contribution in [0.15, 0.2) is 78.9 Å². The number of nitrogens with zero attached hydrogens (tertiary/aromatic N) is 2. The molecule has 0 radical (unpaired) electrons. The third kappa shape index (κ3) is 5.12. The van der Waals surface area contributed by atoms with Crippen LogP contribution >= 0.6 is 0 Å². The van der Waals surface area contributed by atoms with Gasteiger partial charge in [0.15, 0.2) is 6.61 Å². The summed E-state index contributed by atoms with van der Waals surface area (Å²) in [6.07, 6.45) is 0. The number of carbonyl (C=O) groups excluding carboxylic acids is 2. The quantitative estimate of drug-likeness (QED) is 0.426. The van der Waals surface area contributed by atoms with Gasteiger partial charge in [-0.05, 0) is 31.2 Å². The Morgan fingerprint density at radius 1 is 0.970 bits per heavy atom. The zero-order chi connectivity index (χ0) is 23.4. The van der Waals surface area contributed by atoms with Crippen molar-refractivity contribution in [3.8, 4) is 16.9 Å². The van der Waals surface area contributed by atoms with Crippen LogP contribution in [0.25, 0.3) is 16.9 Å². The number of hydrogen-bond acceptors (Lipinski definition) is 4. The van der Waals surface area contributed by atoms with Gasteiger partial charge in [-0.3, -0.25) is 4.79 Å². The first kappa shape index (κ1) is 21.9. The second-order valence-electron chi connectivity index (χ2n) is 7.28. The number of anilines is 1. The zero-order valence-electron chi connectivity index (χ0n) is 17.6. The van der Waals surface area contributed by atoms with Crippen LogP contribution < -0.4 is 5.32 Å².